The van der Waals surface area contributed by atoms with Crippen molar-refractivity contribution in [2.75, 3.05) is 18.0 Å². The summed E-state index contributed by atoms with van der Waals surface area (Å²) in [5.41, 5.74) is 8.13. The molecule has 2 unspecified atom stereocenters. The number of aromatic nitrogens is 8. The van der Waals surface area contributed by atoms with Crippen molar-refractivity contribution in [1.82, 2.24) is 44.8 Å². The quantitative estimate of drug-likeness (QED) is 0.289. The molecule has 10 heteroatoms. The number of anilines is 1. The highest BCUT2D eigenvalue weighted by Crippen LogP contribution is 2.35. The number of pyridine rings is 2. The predicted molar refractivity (Wildman–Crippen MR) is 162 cm³/mol. The summed E-state index contributed by atoms with van der Waals surface area (Å²) in [6, 6.07) is 14.0. The van der Waals surface area contributed by atoms with E-state index >= 15 is 0 Å². The van der Waals surface area contributed by atoms with Gasteiger partial charge in [-0.2, -0.15) is 10.2 Å². The Kier molecular flexibility index (Phi) is 6.78. The number of rotatable bonds is 8. The Morgan fingerprint density at radius 2 is 1.76 bits per heavy atom. The Morgan fingerprint density at radius 3 is 2.43 bits per heavy atom. The van der Waals surface area contributed by atoms with Crippen molar-refractivity contribution in [2.45, 2.75) is 65.2 Å². The summed E-state index contributed by atoms with van der Waals surface area (Å²) < 4.78 is 1.97. The minimum Gasteiger partial charge on any atom is -0.353 e. The van der Waals surface area contributed by atoms with Crippen molar-refractivity contribution in [1.29, 1.82) is 0 Å². The van der Waals surface area contributed by atoms with Crippen molar-refractivity contribution >= 4 is 5.82 Å². The molecule has 214 valence electrons. The van der Waals surface area contributed by atoms with Crippen LogP contribution in [-0.2, 0) is 13.0 Å². The first-order valence-corrected chi connectivity index (χ1v) is 14.7. The zero-order valence-corrected chi connectivity index (χ0v) is 24.6. The summed E-state index contributed by atoms with van der Waals surface area (Å²) in [7, 11) is 0. The molecule has 3 aliphatic rings. The minimum atomic E-state index is 0.342. The number of H-pyrrole nitrogens is 1. The Balaban J connectivity index is 0.977. The number of piperidine rings is 1. The lowest BCUT2D eigenvalue weighted by Gasteiger charge is -2.56. The first kappa shape index (κ1) is 26.5. The molecule has 5 aromatic rings. The summed E-state index contributed by atoms with van der Waals surface area (Å²) in [4.78, 5) is 24.1. The van der Waals surface area contributed by atoms with Crippen LogP contribution in [0.1, 0.15) is 54.6 Å². The van der Waals surface area contributed by atoms with Gasteiger partial charge >= 0.3 is 0 Å². The number of aryl methyl sites for hydroxylation is 2. The third kappa shape index (κ3) is 5.30. The highest BCUT2D eigenvalue weighted by atomic mass is 15.4. The van der Waals surface area contributed by atoms with Crippen molar-refractivity contribution in [2.24, 2.45) is 0 Å². The molecule has 3 saturated heterocycles. The molecule has 42 heavy (non-hydrogen) atoms. The van der Waals surface area contributed by atoms with Crippen LogP contribution in [0, 0.1) is 13.8 Å². The molecule has 0 saturated carbocycles. The zero-order valence-electron chi connectivity index (χ0n) is 24.6. The maximum Gasteiger partial charge on any atom is 0.161 e. The van der Waals surface area contributed by atoms with Crippen molar-refractivity contribution in [3.63, 3.8) is 0 Å². The third-order valence-electron chi connectivity index (χ3n) is 8.32. The topological polar surface area (TPSA) is 105 Å². The van der Waals surface area contributed by atoms with E-state index in [1.807, 2.05) is 43.2 Å². The van der Waals surface area contributed by atoms with Gasteiger partial charge in [-0.05, 0) is 70.0 Å². The molecular formula is C32H36N10. The van der Waals surface area contributed by atoms with E-state index in [0.717, 1.165) is 65.0 Å². The van der Waals surface area contributed by atoms with Crippen molar-refractivity contribution < 1.29 is 0 Å². The van der Waals surface area contributed by atoms with Gasteiger partial charge in [0.25, 0.3) is 0 Å². The normalized spacial score (nSPS) is 18.5. The lowest BCUT2D eigenvalue weighted by molar-refractivity contribution is -0.00874. The number of nitrogens with one attached hydrogen (secondary N) is 1. The van der Waals surface area contributed by atoms with E-state index in [-0.39, 0.29) is 0 Å². The Hall–Kier alpha value is -4.44. The van der Waals surface area contributed by atoms with Gasteiger partial charge in [-0.3, -0.25) is 19.7 Å². The molecule has 2 bridgehead atoms. The van der Waals surface area contributed by atoms with Crippen LogP contribution in [0.5, 0.6) is 0 Å². The van der Waals surface area contributed by atoms with E-state index in [4.69, 9.17) is 15.0 Å². The van der Waals surface area contributed by atoms with Crippen LogP contribution < -0.4 is 4.90 Å². The third-order valence-corrected chi connectivity index (χ3v) is 8.32. The molecule has 5 aromatic heterocycles. The molecule has 0 aromatic carbocycles. The molecule has 3 fully saturated rings. The molecule has 0 aliphatic carbocycles. The summed E-state index contributed by atoms with van der Waals surface area (Å²) in [5, 5.41) is 11.8. The molecule has 10 nitrogen and oxygen atoms in total. The number of piperazine rings is 1. The first-order valence-electron chi connectivity index (χ1n) is 14.7. The molecule has 8 rings (SSSR count). The SMILES string of the molecule is Cc1cc(Cc2cc(C)[nH]n2)nc(-c2ccc(N3CC4CC(C3)N4Cc3ccc(-c4cnn(C(C)C)c4)nc3)nc2)n1. The maximum absolute atomic E-state index is 4.83. The predicted octanol–water partition coefficient (Wildman–Crippen LogP) is 4.77. The first-order chi connectivity index (χ1) is 20.4. The second kappa shape index (κ2) is 10.8. The van der Waals surface area contributed by atoms with Crippen LogP contribution in [-0.4, -0.2) is 70.0 Å². The number of hydrogen-bond acceptors (Lipinski definition) is 8. The van der Waals surface area contributed by atoms with Gasteiger partial charge in [0, 0.05) is 85.3 Å². The largest absolute Gasteiger partial charge is 0.353 e. The standard InChI is InChI=1S/C32H36N10/c1-20(2)42-17-25(15-35-42)30-7-5-23(13-33-30)16-41-28-12-29(41)19-40(18-28)31-8-6-24(14-34-31)32-36-21(3)9-26(37-32)11-27-10-22(4)38-39-27/h5-10,13-15,17,20,28-29H,11-12,16,18-19H2,1-4H3,(H,38,39). The van der Waals surface area contributed by atoms with E-state index in [1.165, 1.54) is 12.0 Å². The molecule has 1 N–H and O–H groups in total. The summed E-state index contributed by atoms with van der Waals surface area (Å²) in [6.45, 7) is 11.2. The lowest BCUT2D eigenvalue weighted by Crippen LogP contribution is -2.68. The number of nitrogens with zero attached hydrogens (tertiary/aromatic N) is 9. The lowest BCUT2D eigenvalue weighted by atomic mass is 9.87. The highest BCUT2D eigenvalue weighted by molar-refractivity contribution is 5.58. The minimum absolute atomic E-state index is 0.342. The van der Waals surface area contributed by atoms with E-state index in [1.54, 1.807) is 0 Å². The summed E-state index contributed by atoms with van der Waals surface area (Å²) in [5.74, 6) is 1.72. The monoisotopic (exact) mass is 560 g/mol. The molecule has 2 atom stereocenters. The Morgan fingerprint density at radius 1 is 0.905 bits per heavy atom. The molecule has 3 aliphatic heterocycles. The van der Waals surface area contributed by atoms with Gasteiger partial charge in [0.2, 0.25) is 0 Å². The Labute approximate surface area is 245 Å². The van der Waals surface area contributed by atoms with E-state index in [2.05, 4.69) is 80.5 Å². The second-order valence-electron chi connectivity index (χ2n) is 11.9. The van der Waals surface area contributed by atoms with Gasteiger partial charge in [-0.25, -0.2) is 15.0 Å². The van der Waals surface area contributed by atoms with Crippen LogP contribution in [0.25, 0.3) is 22.6 Å². The van der Waals surface area contributed by atoms with Crippen LogP contribution in [0.2, 0.25) is 0 Å². The maximum atomic E-state index is 4.83. The van der Waals surface area contributed by atoms with Crippen LogP contribution >= 0.6 is 0 Å². The van der Waals surface area contributed by atoms with Gasteiger partial charge in [-0.1, -0.05) is 6.07 Å². The average molecular weight is 561 g/mol. The van der Waals surface area contributed by atoms with E-state index in [0.29, 0.717) is 30.4 Å². The number of aromatic amines is 1. The van der Waals surface area contributed by atoms with Gasteiger partial charge in [0.05, 0.1) is 23.3 Å². The fraction of sp³-hybridized carbons (Fsp3) is 0.375. The summed E-state index contributed by atoms with van der Waals surface area (Å²) in [6.07, 6.45) is 9.79. The summed E-state index contributed by atoms with van der Waals surface area (Å²) >= 11 is 0. The zero-order chi connectivity index (χ0) is 28.8. The van der Waals surface area contributed by atoms with Gasteiger partial charge in [0.1, 0.15) is 5.82 Å². The van der Waals surface area contributed by atoms with E-state index in [9.17, 15) is 0 Å². The average Bonchev–Trinajstić information content (AvgIpc) is 3.65. The van der Waals surface area contributed by atoms with Crippen LogP contribution in [0.15, 0.2) is 61.2 Å². The number of fused-ring (bicyclic) bond motifs is 2. The smallest absolute Gasteiger partial charge is 0.161 e. The molecular weight excluding hydrogens is 524 g/mol. The molecule has 0 amide bonds. The van der Waals surface area contributed by atoms with Crippen LogP contribution in [0.4, 0.5) is 5.82 Å². The van der Waals surface area contributed by atoms with E-state index < -0.39 is 0 Å². The van der Waals surface area contributed by atoms with Crippen LogP contribution in [0.3, 0.4) is 0 Å². The fourth-order valence-corrected chi connectivity index (χ4v) is 6.09. The fourth-order valence-electron chi connectivity index (χ4n) is 6.09. The highest BCUT2D eigenvalue weighted by Gasteiger charge is 2.44. The van der Waals surface area contributed by atoms with Gasteiger partial charge < -0.3 is 4.90 Å². The van der Waals surface area contributed by atoms with Crippen molar-refractivity contribution in [3.05, 3.63) is 89.5 Å². The van der Waals surface area contributed by atoms with Crippen molar-refractivity contribution in [3.8, 4) is 22.6 Å². The Bertz CT molecular complexity index is 1670. The van der Waals surface area contributed by atoms with Gasteiger partial charge in [-0.15, -0.1) is 0 Å². The molecule has 0 radical (unpaired) electrons. The molecule has 8 heterocycles. The second-order valence-corrected chi connectivity index (χ2v) is 11.9. The van der Waals surface area contributed by atoms with Gasteiger partial charge in [0.15, 0.2) is 5.82 Å². The molecule has 0 spiro atoms. The number of hydrogen-bond donors (Lipinski definition) is 1.